The molecule has 2 unspecified atom stereocenters. The Balaban J connectivity index is 0.854. The number of furan rings is 1. The molecule has 2 aliphatic rings. The summed E-state index contributed by atoms with van der Waals surface area (Å²) in [4.78, 5) is 7.72. The summed E-state index contributed by atoms with van der Waals surface area (Å²) in [7, 11) is 2.19. The van der Waals surface area contributed by atoms with Crippen molar-refractivity contribution in [1.82, 2.24) is 0 Å². The summed E-state index contributed by atoms with van der Waals surface area (Å²) in [5.74, 6) is 0.631. The Hall–Kier alpha value is -6.97. The Kier molecular flexibility index (Phi) is 7.82. The third kappa shape index (κ3) is 5.61. The molecule has 8 aromatic carbocycles. The maximum absolute atomic E-state index is 6.39. The molecule has 0 saturated carbocycles. The summed E-state index contributed by atoms with van der Waals surface area (Å²) < 4.78 is 6.39. The van der Waals surface area contributed by atoms with Crippen molar-refractivity contribution in [2.24, 2.45) is 10.9 Å². The molecule has 0 spiro atoms. The third-order valence-corrected chi connectivity index (χ3v) is 12.1. The van der Waals surface area contributed by atoms with Gasteiger partial charge in [-0.25, -0.2) is 4.99 Å². The summed E-state index contributed by atoms with van der Waals surface area (Å²) in [6.07, 6.45) is 7.12. The molecular formula is C54H40N2O. The molecule has 1 aromatic heterocycles. The highest BCUT2D eigenvalue weighted by atomic mass is 16.3. The smallest absolute Gasteiger partial charge is 0.143 e. The number of fused-ring (bicyclic) bond motifs is 9. The number of likely N-dealkylation sites (N-methyl/N-ethyl adjacent to an activating group) is 1. The van der Waals surface area contributed by atoms with Gasteiger partial charge in [-0.15, -0.1) is 0 Å². The molecule has 0 saturated heterocycles. The normalized spacial score (nSPS) is 16.6. The fraction of sp³-hybridized carbons (Fsp3) is 0.0926. The van der Waals surface area contributed by atoms with Crippen LogP contribution in [-0.4, -0.2) is 19.3 Å². The Bertz CT molecular complexity index is 3140. The zero-order valence-corrected chi connectivity index (χ0v) is 32.0. The van der Waals surface area contributed by atoms with Crippen LogP contribution >= 0.6 is 0 Å². The molecule has 0 fully saturated rings. The largest absolute Gasteiger partial charge is 0.455 e. The van der Waals surface area contributed by atoms with Gasteiger partial charge in [0.1, 0.15) is 11.2 Å². The zero-order valence-electron chi connectivity index (χ0n) is 32.0. The van der Waals surface area contributed by atoms with Crippen LogP contribution in [0.5, 0.6) is 0 Å². The molecule has 9 aromatic rings. The minimum atomic E-state index is 0.290. The van der Waals surface area contributed by atoms with E-state index in [2.05, 4.69) is 189 Å². The van der Waals surface area contributed by atoms with Crippen molar-refractivity contribution >= 4 is 66.1 Å². The van der Waals surface area contributed by atoms with Gasteiger partial charge in [0.05, 0.1) is 23.6 Å². The van der Waals surface area contributed by atoms with Gasteiger partial charge in [-0.1, -0.05) is 177 Å². The molecule has 1 aliphatic heterocycles. The molecule has 0 radical (unpaired) electrons. The van der Waals surface area contributed by atoms with Gasteiger partial charge in [0.25, 0.3) is 0 Å². The third-order valence-electron chi connectivity index (χ3n) is 12.1. The fourth-order valence-electron chi connectivity index (χ4n) is 9.29. The van der Waals surface area contributed by atoms with Gasteiger partial charge in [-0.3, -0.25) is 0 Å². The first-order valence-corrected chi connectivity index (χ1v) is 19.9. The standard InChI is InChI=1S/C54H40N2O/c1-34-30-39(35-24-26-36(27-25-35)50-33-56(2)53-48-20-6-4-17-45(48)44-16-3-5-19-47(44)52(53)55-50)28-29-42(34)40-14-9-12-37(31-40)38-13-10-15-41(32-38)43-21-11-22-49-46-18-7-8-23-51(46)57-54(43)49/h3-32,34,42H,33H2,1-2H3. The van der Waals surface area contributed by atoms with Gasteiger partial charge in [-0.05, 0) is 67.8 Å². The van der Waals surface area contributed by atoms with Crippen LogP contribution in [0.1, 0.15) is 29.5 Å². The van der Waals surface area contributed by atoms with Crippen molar-refractivity contribution in [1.29, 1.82) is 0 Å². The van der Waals surface area contributed by atoms with Gasteiger partial charge in [0, 0.05) is 40.1 Å². The van der Waals surface area contributed by atoms with Crippen molar-refractivity contribution in [3.63, 3.8) is 0 Å². The summed E-state index contributed by atoms with van der Waals surface area (Å²) in [5, 5.41) is 7.28. The Morgan fingerprint density at radius 1 is 0.561 bits per heavy atom. The molecule has 0 amide bonds. The van der Waals surface area contributed by atoms with Crippen LogP contribution < -0.4 is 4.90 Å². The number of anilines is 1. The van der Waals surface area contributed by atoms with Gasteiger partial charge in [0.2, 0.25) is 0 Å². The lowest BCUT2D eigenvalue weighted by molar-refractivity contribution is 0.638. The minimum Gasteiger partial charge on any atom is -0.455 e. The maximum Gasteiger partial charge on any atom is 0.143 e. The zero-order chi connectivity index (χ0) is 38.0. The van der Waals surface area contributed by atoms with E-state index < -0.39 is 0 Å². The highest BCUT2D eigenvalue weighted by molar-refractivity contribution is 6.23. The first-order valence-electron chi connectivity index (χ1n) is 19.9. The molecule has 2 atom stereocenters. The number of hydrogen-bond acceptors (Lipinski definition) is 3. The maximum atomic E-state index is 6.39. The van der Waals surface area contributed by atoms with E-state index in [1.54, 1.807) is 0 Å². The summed E-state index contributed by atoms with van der Waals surface area (Å²) >= 11 is 0. The lowest BCUT2D eigenvalue weighted by atomic mass is 9.80. The highest BCUT2D eigenvalue weighted by Crippen LogP contribution is 2.46. The van der Waals surface area contributed by atoms with Crippen LogP contribution in [0.15, 0.2) is 191 Å². The molecular weight excluding hydrogens is 693 g/mol. The van der Waals surface area contributed by atoms with Gasteiger partial charge >= 0.3 is 0 Å². The van der Waals surface area contributed by atoms with Crippen molar-refractivity contribution in [2.45, 2.75) is 12.8 Å². The van der Waals surface area contributed by atoms with Gasteiger partial charge in [0.15, 0.2) is 0 Å². The monoisotopic (exact) mass is 732 g/mol. The number of aliphatic imine (C=N–C) groups is 1. The van der Waals surface area contributed by atoms with Crippen molar-refractivity contribution < 1.29 is 4.42 Å². The SMILES string of the molecule is CC1C=C(c2ccc(C3=Nc4c(c5ccccc5c5ccccc45)N(C)C3)cc2)C=CC1c1cccc(-c2cccc(-c3cccc4c3oc3ccccc34)c2)c1. The van der Waals surface area contributed by atoms with Crippen LogP contribution in [-0.2, 0) is 0 Å². The lowest BCUT2D eigenvalue weighted by Crippen LogP contribution is -2.29. The van der Waals surface area contributed by atoms with E-state index in [9.17, 15) is 0 Å². The molecule has 11 rings (SSSR count). The number of para-hydroxylation sites is 2. The van der Waals surface area contributed by atoms with Crippen molar-refractivity contribution in [3.05, 3.63) is 199 Å². The predicted octanol–water partition coefficient (Wildman–Crippen LogP) is 14.2. The first kappa shape index (κ1) is 33.4. The average Bonchev–Trinajstić information content (AvgIpc) is 3.65. The molecule has 0 N–H and O–H groups in total. The summed E-state index contributed by atoms with van der Waals surface area (Å²) in [5.41, 5.74) is 14.9. The van der Waals surface area contributed by atoms with E-state index in [0.29, 0.717) is 11.8 Å². The van der Waals surface area contributed by atoms with Crippen molar-refractivity contribution in [3.8, 4) is 22.3 Å². The van der Waals surface area contributed by atoms with Crippen LogP contribution in [0.2, 0.25) is 0 Å². The number of allylic oxidation sites excluding steroid dienone is 4. The second-order valence-electron chi connectivity index (χ2n) is 15.6. The number of nitrogens with zero attached hydrogens (tertiary/aromatic N) is 2. The second-order valence-corrected chi connectivity index (χ2v) is 15.6. The van der Waals surface area contributed by atoms with E-state index in [1.807, 2.05) is 12.1 Å². The van der Waals surface area contributed by atoms with E-state index in [4.69, 9.17) is 9.41 Å². The molecule has 0 bridgehead atoms. The van der Waals surface area contributed by atoms with E-state index in [-0.39, 0.29) is 0 Å². The minimum absolute atomic E-state index is 0.290. The first-order chi connectivity index (χ1) is 28.1. The highest BCUT2D eigenvalue weighted by Gasteiger charge is 2.24. The molecule has 2 heterocycles. The summed E-state index contributed by atoms with van der Waals surface area (Å²) in [6.45, 7) is 3.10. The topological polar surface area (TPSA) is 28.7 Å². The lowest BCUT2D eigenvalue weighted by Gasteiger charge is -2.29. The second kappa shape index (κ2) is 13.4. The Morgan fingerprint density at radius 3 is 2.00 bits per heavy atom. The molecule has 272 valence electrons. The fourth-order valence-corrected chi connectivity index (χ4v) is 9.29. The van der Waals surface area contributed by atoms with Crippen LogP contribution in [0.25, 0.3) is 71.3 Å². The van der Waals surface area contributed by atoms with Gasteiger partial charge in [-0.2, -0.15) is 0 Å². The van der Waals surface area contributed by atoms with E-state index in [1.165, 1.54) is 55.1 Å². The van der Waals surface area contributed by atoms with E-state index in [0.717, 1.165) is 56.6 Å². The number of hydrogen-bond donors (Lipinski definition) is 0. The molecule has 3 nitrogen and oxygen atoms in total. The average molecular weight is 733 g/mol. The van der Waals surface area contributed by atoms with Crippen LogP contribution in [0, 0.1) is 5.92 Å². The van der Waals surface area contributed by atoms with Gasteiger partial charge < -0.3 is 9.32 Å². The predicted molar refractivity (Wildman–Crippen MR) is 241 cm³/mol. The molecule has 1 aliphatic carbocycles. The van der Waals surface area contributed by atoms with Crippen molar-refractivity contribution in [2.75, 3.05) is 18.5 Å². The number of rotatable bonds is 5. The van der Waals surface area contributed by atoms with Crippen LogP contribution in [0.4, 0.5) is 11.4 Å². The Labute approximate surface area is 332 Å². The summed E-state index contributed by atoms with van der Waals surface area (Å²) in [6, 6.07) is 59.0. The molecule has 3 heteroatoms. The van der Waals surface area contributed by atoms with E-state index >= 15 is 0 Å². The molecule has 57 heavy (non-hydrogen) atoms. The Morgan fingerprint density at radius 2 is 1.19 bits per heavy atom. The van der Waals surface area contributed by atoms with Crippen LogP contribution in [0.3, 0.4) is 0 Å². The number of benzene rings is 8. The quantitative estimate of drug-likeness (QED) is 0.165.